The van der Waals surface area contributed by atoms with Crippen LogP contribution in [0.1, 0.15) is 27.1 Å². The largest absolute Gasteiger partial charge is 0.346 e. The van der Waals surface area contributed by atoms with E-state index >= 15 is 0 Å². The molecule has 3 N–H and O–H groups in total. The maximum atomic E-state index is 6.35. The van der Waals surface area contributed by atoms with Gasteiger partial charge in [-0.25, -0.2) is 9.97 Å². The minimum absolute atomic E-state index is 0.320. The molecule has 4 rings (SSSR count). The number of fused-ring (bicyclic) bond motifs is 1. The van der Waals surface area contributed by atoms with Gasteiger partial charge in [0.05, 0.1) is 6.04 Å². The molecule has 0 spiro atoms. The average Bonchev–Trinajstić information content (AvgIpc) is 3.20. The Morgan fingerprint density at radius 1 is 1.25 bits per heavy atom. The third kappa shape index (κ3) is 2.80. The molecule has 0 saturated heterocycles. The van der Waals surface area contributed by atoms with Gasteiger partial charge in [-0.2, -0.15) is 0 Å². The van der Waals surface area contributed by atoms with Crippen LogP contribution in [0.15, 0.2) is 49.1 Å². The van der Waals surface area contributed by atoms with Gasteiger partial charge < -0.3 is 10.7 Å². The van der Waals surface area contributed by atoms with E-state index in [-0.39, 0.29) is 6.04 Å². The molecule has 5 nitrogen and oxygen atoms in total. The first-order valence-corrected chi connectivity index (χ1v) is 8.63. The number of nitrogens with zero attached hydrogens (tertiary/aromatic N) is 3. The summed E-state index contributed by atoms with van der Waals surface area (Å²) in [5.74, 6) is 0. The number of nitrogens with two attached hydrogens (primary N) is 1. The minimum atomic E-state index is -0.320. The summed E-state index contributed by atoms with van der Waals surface area (Å²) in [6, 6.07) is 7.46. The number of H-pyrrole nitrogens is 1. The zero-order chi connectivity index (χ0) is 16.5. The number of thiazole rings is 1. The molecule has 0 bridgehead atoms. The lowest BCUT2D eigenvalue weighted by Gasteiger charge is -2.07. The summed E-state index contributed by atoms with van der Waals surface area (Å²) < 4.78 is 0. The van der Waals surface area contributed by atoms with Gasteiger partial charge in [-0.15, -0.1) is 11.3 Å². The van der Waals surface area contributed by atoms with E-state index in [1.807, 2.05) is 30.5 Å². The smallest absolute Gasteiger partial charge is 0.143 e. The Hall–Kier alpha value is -2.28. The molecule has 0 radical (unpaired) electrons. The van der Waals surface area contributed by atoms with Crippen LogP contribution >= 0.6 is 22.9 Å². The van der Waals surface area contributed by atoms with E-state index in [1.165, 1.54) is 11.3 Å². The van der Waals surface area contributed by atoms with E-state index in [9.17, 15) is 0 Å². The van der Waals surface area contributed by atoms with Crippen molar-refractivity contribution in [2.45, 2.75) is 12.5 Å². The molecule has 0 aliphatic heterocycles. The van der Waals surface area contributed by atoms with Gasteiger partial charge in [-0.1, -0.05) is 17.7 Å². The van der Waals surface area contributed by atoms with E-state index < -0.39 is 0 Å². The number of hydrogen-bond donors (Lipinski definition) is 2. The number of hydrogen-bond acceptors (Lipinski definition) is 5. The van der Waals surface area contributed by atoms with Crippen LogP contribution in [0.4, 0.5) is 0 Å². The lowest BCUT2D eigenvalue weighted by atomic mass is 10.1. The van der Waals surface area contributed by atoms with Crippen LogP contribution in [0.25, 0.3) is 11.0 Å². The van der Waals surface area contributed by atoms with Gasteiger partial charge in [0.2, 0.25) is 0 Å². The molecule has 7 heteroatoms. The molecule has 0 aliphatic rings. The van der Waals surface area contributed by atoms with Crippen LogP contribution in [0.3, 0.4) is 0 Å². The van der Waals surface area contributed by atoms with E-state index in [0.717, 1.165) is 32.0 Å². The highest BCUT2D eigenvalue weighted by molar-refractivity contribution is 7.12. The minimum Gasteiger partial charge on any atom is -0.346 e. The fraction of sp³-hybridized carbons (Fsp3) is 0.118. The van der Waals surface area contributed by atoms with Crippen LogP contribution in [0, 0.1) is 0 Å². The van der Waals surface area contributed by atoms with E-state index in [1.54, 1.807) is 18.6 Å². The average molecular weight is 356 g/mol. The van der Waals surface area contributed by atoms with Crippen molar-refractivity contribution in [2.24, 2.45) is 5.73 Å². The summed E-state index contributed by atoms with van der Waals surface area (Å²) in [6.07, 6.45) is 7.91. The van der Waals surface area contributed by atoms with Gasteiger partial charge in [-0.05, 0) is 29.3 Å². The summed E-state index contributed by atoms with van der Waals surface area (Å²) in [7, 11) is 0. The molecule has 4 aromatic heterocycles. The Labute approximate surface area is 147 Å². The maximum Gasteiger partial charge on any atom is 0.143 e. The van der Waals surface area contributed by atoms with Crippen molar-refractivity contribution in [3.05, 3.63) is 75.2 Å². The van der Waals surface area contributed by atoms with Crippen molar-refractivity contribution >= 4 is 34.0 Å². The normalized spacial score (nSPS) is 12.6. The highest BCUT2D eigenvalue weighted by Crippen LogP contribution is 2.32. The van der Waals surface area contributed by atoms with Crippen molar-refractivity contribution in [2.75, 3.05) is 0 Å². The molecule has 0 saturated carbocycles. The molecule has 0 fully saturated rings. The molecular weight excluding hydrogens is 342 g/mol. The van der Waals surface area contributed by atoms with Gasteiger partial charge in [-0.3, -0.25) is 4.98 Å². The molecule has 0 amide bonds. The first-order valence-electron chi connectivity index (χ1n) is 7.44. The van der Waals surface area contributed by atoms with Crippen molar-refractivity contribution in [3.8, 4) is 0 Å². The highest BCUT2D eigenvalue weighted by Gasteiger charge is 2.18. The molecule has 4 aromatic rings. The number of aromatic nitrogens is 4. The first kappa shape index (κ1) is 15.3. The van der Waals surface area contributed by atoms with Crippen LogP contribution in [0.2, 0.25) is 5.15 Å². The second kappa shape index (κ2) is 6.32. The zero-order valence-corrected chi connectivity index (χ0v) is 14.2. The lowest BCUT2D eigenvalue weighted by Crippen LogP contribution is -2.11. The van der Waals surface area contributed by atoms with E-state index in [0.29, 0.717) is 11.6 Å². The Morgan fingerprint density at radius 2 is 2.12 bits per heavy atom. The number of aromatic amines is 1. The fourth-order valence-electron chi connectivity index (χ4n) is 2.63. The van der Waals surface area contributed by atoms with Gasteiger partial charge in [0.25, 0.3) is 0 Å². The van der Waals surface area contributed by atoms with Crippen LogP contribution in [-0.2, 0) is 6.42 Å². The monoisotopic (exact) mass is 355 g/mol. The van der Waals surface area contributed by atoms with E-state index in [2.05, 4.69) is 19.9 Å². The summed E-state index contributed by atoms with van der Waals surface area (Å²) >= 11 is 7.89. The molecule has 120 valence electrons. The Bertz CT molecular complexity index is 979. The third-order valence-corrected chi connectivity index (χ3v) is 5.43. The predicted octanol–water partition coefficient (Wildman–Crippen LogP) is 3.71. The zero-order valence-electron chi connectivity index (χ0n) is 12.6. The molecule has 4 heterocycles. The maximum absolute atomic E-state index is 6.35. The highest BCUT2D eigenvalue weighted by atomic mass is 35.5. The summed E-state index contributed by atoms with van der Waals surface area (Å²) in [6.45, 7) is 0. The molecule has 0 aliphatic carbocycles. The van der Waals surface area contributed by atoms with Crippen LogP contribution in [0.5, 0.6) is 0 Å². The molecule has 1 unspecified atom stereocenters. The Morgan fingerprint density at radius 3 is 2.96 bits per heavy atom. The van der Waals surface area contributed by atoms with Crippen LogP contribution < -0.4 is 5.73 Å². The standard InChI is InChI=1S/C17H14ClN5S/c18-15-13(7-11-9-22-16-12(11)4-2-6-21-16)24-17(23-15)14(19)10-3-1-5-20-8-10/h1-6,8-9,14H,7,19H2,(H,21,22). The van der Waals surface area contributed by atoms with Crippen LogP contribution in [-0.4, -0.2) is 19.9 Å². The first-order chi connectivity index (χ1) is 11.7. The topological polar surface area (TPSA) is 80.5 Å². The Kier molecular flexibility index (Phi) is 4.02. The second-order valence-electron chi connectivity index (χ2n) is 5.42. The van der Waals surface area contributed by atoms with Gasteiger partial charge in [0.1, 0.15) is 15.8 Å². The SMILES string of the molecule is NC(c1cccnc1)c1nc(Cl)c(Cc2c[nH]c3ncccc23)s1. The molecule has 1 atom stereocenters. The molecular formula is C17H14ClN5S. The van der Waals surface area contributed by atoms with Gasteiger partial charge in [0.15, 0.2) is 0 Å². The molecule has 0 aromatic carbocycles. The number of halogens is 1. The lowest BCUT2D eigenvalue weighted by molar-refractivity contribution is 0.850. The fourth-order valence-corrected chi connectivity index (χ4v) is 3.96. The summed E-state index contributed by atoms with van der Waals surface area (Å²) in [5, 5.41) is 2.40. The van der Waals surface area contributed by atoms with Crippen molar-refractivity contribution < 1.29 is 0 Å². The second-order valence-corrected chi connectivity index (χ2v) is 6.89. The predicted molar refractivity (Wildman–Crippen MR) is 96.3 cm³/mol. The van der Waals surface area contributed by atoms with E-state index in [4.69, 9.17) is 17.3 Å². The van der Waals surface area contributed by atoms with Crippen molar-refractivity contribution in [1.29, 1.82) is 0 Å². The third-order valence-electron chi connectivity index (χ3n) is 3.86. The van der Waals surface area contributed by atoms with Gasteiger partial charge in [0, 0.05) is 41.5 Å². The number of rotatable bonds is 4. The molecule has 24 heavy (non-hydrogen) atoms. The summed E-state index contributed by atoms with van der Waals surface area (Å²) in [5.41, 5.74) is 9.24. The van der Waals surface area contributed by atoms with Crippen molar-refractivity contribution in [3.63, 3.8) is 0 Å². The quantitative estimate of drug-likeness (QED) is 0.584. The number of nitrogens with one attached hydrogen (secondary N) is 1. The summed E-state index contributed by atoms with van der Waals surface area (Å²) in [4.78, 5) is 17.0. The Balaban J connectivity index is 1.64. The van der Waals surface area contributed by atoms with Crippen molar-refractivity contribution in [1.82, 2.24) is 19.9 Å². The van der Waals surface area contributed by atoms with Gasteiger partial charge >= 0.3 is 0 Å². The number of pyridine rings is 2.